The number of benzene rings is 2. The fourth-order valence-electron chi connectivity index (χ4n) is 3.24. The average molecular weight is 450 g/mol. The van der Waals surface area contributed by atoms with E-state index in [0.717, 1.165) is 22.9 Å². The molecule has 2 heterocycles. The van der Waals surface area contributed by atoms with Crippen LogP contribution < -0.4 is 10.9 Å². The maximum Gasteiger partial charge on any atom is 0.337 e. The molecule has 33 heavy (non-hydrogen) atoms. The molecule has 0 aliphatic heterocycles. The van der Waals surface area contributed by atoms with Gasteiger partial charge in [0, 0.05) is 24.3 Å². The Morgan fingerprint density at radius 2 is 1.79 bits per heavy atom. The Kier molecular flexibility index (Phi) is 5.90. The molecule has 0 aliphatic carbocycles. The number of hydrogen-bond acceptors (Lipinski definition) is 5. The summed E-state index contributed by atoms with van der Waals surface area (Å²) in [5, 5.41) is 12.3. The molecule has 166 valence electrons. The lowest BCUT2D eigenvalue weighted by Crippen LogP contribution is -2.33. The highest BCUT2D eigenvalue weighted by molar-refractivity contribution is 5.94. The standard InChI is InChI=1S/C23H16F2N4O4/c24-18-3-1-14(6-19(18)25)11-29-12-26-10-17(22(29)31)21(30)28-8-13-2-4-20-15(5-13)7-16(9-27-20)23(32)33/h1-7,9-10,12H,8,11H2,(H,28,30)(H,32,33). The van der Waals surface area contributed by atoms with Crippen LogP contribution in [-0.4, -0.2) is 31.5 Å². The summed E-state index contributed by atoms with van der Waals surface area (Å²) in [5.41, 5.74) is 0.798. The monoisotopic (exact) mass is 450 g/mol. The van der Waals surface area contributed by atoms with Crippen LogP contribution in [0, 0.1) is 11.6 Å². The van der Waals surface area contributed by atoms with Gasteiger partial charge in [0.05, 0.1) is 24.0 Å². The van der Waals surface area contributed by atoms with Gasteiger partial charge in [-0.3, -0.25) is 19.1 Å². The van der Waals surface area contributed by atoms with Gasteiger partial charge in [-0.1, -0.05) is 12.1 Å². The molecule has 0 spiro atoms. The number of aromatic nitrogens is 3. The Labute approximate surface area is 185 Å². The molecule has 2 aromatic carbocycles. The second kappa shape index (κ2) is 8.95. The summed E-state index contributed by atoms with van der Waals surface area (Å²) in [6.07, 6.45) is 3.60. The van der Waals surface area contributed by atoms with Crippen LogP contribution in [0.2, 0.25) is 0 Å². The van der Waals surface area contributed by atoms with Gasteiger partial charge >= 0.3 is 5.97 Å². The summed E-state index contributed by atoms with van der Waals surface area (Å²) >= 11 is 0. The predicted octanol–water partition coefficient (Wildman–Crippen LogP) is 2.75. The number of carbonyl (C=O) groups is 2. The van der Waals surface area contributed by atoms with Crippen LogP contribution in [-0.2, 0) is 13.1 Å². The molecule has 0 bridgehead atoms. The van der Waals surface area contributed by atoms with Crippen molar-refractivity contribution in [2.45, 2.75) is 13.1 Å². The van der Waals surface area contributed by atoms with E-state index in [1.54, 1.807) is 18.2 Å². The van der Waals surface area contributed by atoms with Gasteiger partial charge in [0.1, 0.15) is 5.56 Å². The van der Waals surface area contributed by atoms with Crippen LogP contribution in [0.1, 0.15) is 31.8 Å². The van der Waals surface area contributed by atoms with E-state index in [0.29, 0.717) is 22.0 Å². The third kappa shape index (κ3) is 4.74. The van der Waals surface area contributed by atoms with E-state index >= 15 is 0 Å². The zero-order chi connectivity index (χ0) is 23.5. The third-order valence-electron chi connectivity index (χ3n) is 4.93. The molecule has 0 fully saturated rings. The zero-order valence-electron chi connectivity index (χ0n) is 17.0. The Morgan fingerprint density at radius 3 is 2.55 bits per heavy atom. The molecule has 0 radical (unpaired) electrons. The first kappa shape index (κ1) is 21.8. The summed E-state index contributed by atoms with van der Waals surface area (Å²) in [6.45, 7) is -0.0165. The van der Waals surface area contributed by atoms with E-state index in [-0.39, 0.29) is 24.2 Å². The quantitative estimate of drug-likeness (QED) is 0.467. The van der Waals surface area contributed by atoms with Crippen molar-refractivity contribution in [3.8, 4) is 0 Å². The fraction of sp³-hybridized carbons (Fsp3) is 0.0870. The van der Waals surface area contributed by atoms with Gasteiger partial charge in [0.25, 0.3) is 11.5 Å². The van der Waals surface area contributed by atoms with E-state index in [4.69, 9.17) is 5.11 Å². The number of rotatable bonds is 6. The van der Waals surface area contributed by atoms with Crippen molar-refractivity contribution >= 4 is 22.8 Å². The molecular formula is C23H16F2N4O4. The van der Waals surface area contributed by atoms with Crippen molar-refractivity contribution in [3.63, 3.8) is 0 Å². The van der Waals surface area contributed by atoms with Crippen LogP contribution in [0.5, 0.6) is 0 Å². The molecule has 1 amide bonds. The minimum Gasteiger partial charge on any atom is -0.478 e. The van der Waals surface area contributed by atoms with E-state index in [2.05, 4.69) is 15.3 Å². The van der Waals surface area contributed by atoms with E-state index in [9.17, 15) is 23.2 Å². The number of nitrogens with zero attached hydrogens (tertiary/aromatic N) is 3. The SMILES string of the molecule is O=C(O)c1cnc2ccc(CNC(=O)c3cncn(Cc4ccc(F)c(F)c4)c3=O)cc2c1. The number of nitrogens with one attached hydrogen (secondary N) is 1. The van der Waals surface area contributed by atoms with Crippen molar-refractivity contribution in [3.05, 3.63) is 105 Å². The summed E-state index contributed by atoms with van der Waals surface area (Å²) in [5.74, 6) is -3.80. The lowest BCUT2D eigenvalue weighted by Gasteiger charge is -2.09. The predicted molar refractivity (Wildman–Crippen MR) is 114 cm³/mol. The Balaban J connectivity index is 1.50. The van der Waals surface area contributed by atoms with Crippen molar-refractivity contribution in [2.24, 2.45) is 0 Å². The molecule has 0 saturated carbocycles. The van der Waals surface area contributed by atoms with Crippen molar-refractivity contribution < 1.29 is 23.5 Å². The van der Waals surface area contributed by atoms with Crippen molar-refractivity contribution in [1.29, 1.82) is 0 Å². The van der Waals surface area contributed by atoms with Crippen molar-refractivity contribution in [1.82, 2.24) is 19.9 Å². The first-order valence-electron chi connectivity index (χ1n) is 9.70. The molecule has 4 rings (SSSR count). The number of aromatic carboxylic acids is 1. The smallest absolute Gasteiger partial charge is 0.337 e. The Morgan fingerprint density at radius 1 is 1.00 bits per heavy atom. The number of carboxylic acids is 1. The maximum absolute atomic E-state index is 13.4. The number of carbonyl (C=O) groups excluding carboxylic acids is 1. The van der Waals surface area contributed by atoms with Gasteiger partial charge in [-0.15, -0.1) is 0 Å². The first-order valence-corrected chi connectivity index (χ1v) is 9.70. The summed E-state index contributed by atoms with van der Waals surface area (Å²) in [7, 11) is 0. The fourth-order valence-corrected chi connectivity index (χ4v) is 3.24. The second-order valence-corrected chi connectivity index (χ2v) is 7.23. The second-order valence-electron chi connectivity index (χ2n) is 7.23. The zero-order valence-corrected chi connectivity index (χ0v) is 17.0. The largest absolute Gasteiger partial charge is 0.478 e. The molecule has 2 aromatic heterocycles. The lowest BCUT2D eigenvalue weighted by molar-refractivity contribution is 0.0696. The Hall–Kier alpha value is -4.47. The van der Waals surface area contributed by atoms with E-state index < -0.39 is 29.1 Å². The molecule has 2 N–H and O–H groups in total. The normalized spacial score (nSPS) is 10.8. The van der Waals surface area contributed by atoms with Gasteiger partial charge in [-0.05, 0) is 41.5 Å². The number of hydrogen-bond donors (Lipinski definition) is 2. The topological polar surface area (TPSA) is 114 Å². The van der Waals surface area contributed by atoms with Gasteiger partial charge in [-0.2, -0.15) is 0 Å². The maximum atomic E-state index is 13.4. The number of pyridine rings is 1. The molecule has 0 atom stereocenters. The summed E-state index contributed by atoms with van der Waals surface area (Å²) in [4.78, 5) is 44.4. The number of carboxylic acid groups (broad SMARTS) is 1. The molecule has 8 nitrogen and oxygen atoms in total. The summed E-state index contributed by atoms with van der Waals surface area (Å²) in [6, 6.07) is 9.86. The highest BCUT2D eigenvalue weighted by atomic mass is 19.2. The van der Waals surface area contributed by atoms with Gasteiger partial charge in [0.2, 0.25) is 0 Å². The third-order valence-corrected chi connectivity index (χ3v) is 4.93. The molecule has 4 aromatic rings. The molecule has 0 unspecified atom stereocenters. The molecule has 10 heteroatoms. The lowest BCUT2D eigenvalue weighted by atomic mass is 10.1. The molecule has 0 aliphatic rings. The minimum atomic E-state index is -1.10. The number of amides is 1. The highest BCUT2D eigenvalue weighted by Crippen LogP contribution is 2.16. The molecule has 0 saturated heterocycles. The van der Waals surface area contributed by atoms with E-state index in [1.807, 2.05) is 0 Å². The highest BCUT2D eigenvalue weighted by Gasteiger charge is 2.14. The van der Waals surface area contributed by atoms with Gasteiger partial charge in [0.15, 0.2) is 11.6 Å². The van der Waals surface area contributed by atoms with Gasteiger partial charge in [-0.25, -0.2) is 18.6 Å². The van der Waals surface area contributed by atoms with Crippen LogP contribution in [0.3, 0.4) is 0 Å². The summed E-state index contributed by atoms with van der Waals surface area (Å²) < 4.78 is 27.7. The Bertz CT molecular complexity index is 1450. The van der Waals surface area contributed by atoms with Crippen LogP contribution in [0.4, 0.5) is 8.78 Å². The first-order chi connectivity index (χ1) is 15.8. The van der Waals surface area contributed by atoms with E-state index in [1.165, 1.54) is 24.7 Å². The number of fused-ring (bicyclic) bond motifs is 1. The van der Waals surface area contributed by atoms with Crippen molar-refractivity contribution in [2.75, 3.05) is 0 Å². The van der Waals surface area contributed by atoms with Gasteiger partial charge < -0.3 is 10.4 Å². The minimum absolute atomic E-state index is 0.0423. The van der Waals surface area contributed by atoms with Crippen LogP contribution >= 0.6 is 0 Å². The van der Waals surface area contributed by atoms with Crippen LogP contribution in [0.25, 0.3) is 10.9 Å². The average Bonchev–Trinajstić information content (AvgIpc) is 2.80. The number of halogens is 2. The van der Waals surface area contributed by atoms with Crippen LogP contribution in [0.15, 0.2) is 66.0 Å². The molecular weight excluding hydrogens is 434 g/mol.